The molecule has 5 heteroatoms. The summed E-state index contributed by atoms with van der Waals surface area (Å²) in [6.45, 7) is 0.242. The third-order valence-electron chi connectivity index (χ3n) is 2.80. The van der Waals surface area contributed by atoms with Gasteiger partial charge in [0.15, 0.2) is 0 Å². The van der Waals surface area contributed by atoms with E-state index in [4.69, 9.17) is 5.26 Å². The van der Waals surface area contributed by atoms with Gasteiger partial charge in [-0.05, 0) is 23.3 Å². The molecule has 0 aliphatic carbocycles. The Morgan fingerprint density at radius 3 is 2.40 bits per heavy atom. The van der Waals surface area contributed by atoms with Crippen LogP contribution in [0.2, 0.25) is 0 Å². The molecule has 0 aliphatic heterocycles. The molecule has 102 valence electrons. The van der Waals surface area contributed by atoms with Gasteiger partial charge in [-0.15, -0.1) is 0 Å². The average Bonchev–Trinajstić information content (AvgIpc) is 2.47. The molecule has 0 spiro atoms. The SMILES string of the molecule is N#CCc1cccc(S(=O)(=O)NCc2ccccc2)c1. The summed E-state index contributed by atoms with van der Waals surface area (Å²) in [7, 11) is -3.56. The maximum absolute atomic E-state index is 12.2. The number of sulfonamides is 1. The van der Waals surface area contributed by atoms with Crippen molar-refractivity contribution in [2.45, 2.75) is 17.9 Å². The molecule has 0 fully saturated rings. The minimum Gasteiger partial charge on any atom is -0.207 e. The van der Waals surface area contributed by atoms with Crippen LogP contribution in [0.1, 0.15) is 11.1 Å². The molecule has 2 aromatic rings. The fourth-order valence-corrected chi connectivity index (χ4v) is 2.86. The van der Waals surface area contributed by atoms with Gasteiger partial charge in [-0.25, -0.2) is 13.1 Å². The molecule has 0 bridgehead atoms. The topological polar surface area (TPSA) is 70.0 Å². The highest BCUT2D eigenvalue weighted by atomic mass is 32.2. The second-order valence-electron chi connectivity index (χ2n) is 4.29. The number of nitriles is 1. The molecule has 0 heterocycles. The Hall–Kier alpha value is -2.16. The van der Waals surface area contributed by atoms with Crippen molar-refractivity contribution < 1.29 is 8.42 Å². The van der Waals surface area contributed by atoms with Gasteiger partial charge >= 0.3 is 0 Å². The van der Waals surface area contributed by atoms with E-state index in [1.54, 1.807) is 12.1 Å². The van der Waals surface area contributed by atoms with Crippen molar-refractivity contribution >= 4 is 10.0 Å². The number of benzene rings is 2. The average molecular weight is 286 g/mol. The molecule has 0 amide bonds. The van der Waals surface area contributed by atoms with Crippen LogP contribution in [0.3, 0.4) is 0 Å². The maximum Gasteiger partial charge on any atom is 0.240 e. The lowest BCUT2D eigenvalue weighted by atomic mass is 10.2. The number of nitrogens with zero attached hydrogens (tertiary/aromatic N) is 1. The van der Waals surface area contributed by atoms with E-state index in [9.17, 15) is 8.42 Å². The van der Waals surface area contributed by atoms with Crippen molar-refractivity contribution in [2.75, 3.05) is 0 Å². The van der Waals surface area contributed by atoms with Crippen LogP contribution in [-0.2, 0) is 23.0 Å². The van der Waals surface area contributed by atoms with Crippen molar-refractivity contribution in [2.24, 2.45) is 0 Å². The lowest BCUT2D eigenvalue weighted by molar-refractivity contribution is 0.581. The third kappa shape index (κ3) is 3.67. The van der Waals surface area contributed by atoms with Gasteiger partial charge < -0.3 is 0 Å². The minimum absolute atomic E-state index is 0.182. The lowest BCUT2D eigenvalue weighted by Crippen LogP contribution is -2.23. The molecule has 0 aliphatic rings. The minimum atomic E-state index is -3.56. The second-order valence-corrected chi connectivity index (χ2v) is 6.06. The van der Waals surface area contributed by atoms with Gasteiger partial charge in [-0.3, -0.25) is 0 Å². The van der Waals surface area contributed by atoms with Crippen molar-refractivity contribution in [1.29, 1.82) is 5.26 Å². The summed E-state index contributed by atoms with van der Waals surface area (Å²) in [6, 6.07) is 17.7. The van der Waals surface area contributed by atoms with Crippen LogP contribution < -0.4 is 4.72 Å². The highest BCUT2D eigenvalue weighted by Crippen LogP contribution is 2.12. The first-order valence-corrected chi connectivity index (χ1v) is 7.59. The van der Waals surface area contributed by atoms with Crippen LogP contribution in [-0.4, -0.2) is 8.42 Å². The van der Waals surface area contributed by atoms with Crippen LogP contribution in [0.5, 0.6) is 0 Å². The van der Waals surface area contributed by atoms with Crippen LogP contribution in [0.15, 0.2) is 59.5 Å². The van der Waals surface area contributed by atoms with E-state index >= 15 is 0 Å². The first-order valence-electron chi connectivity index (χ1n) is 6.11. The normalized spacial score (nSPS) is 10.9. The Bertz CT molecular complexity index is 719. The predicted octanol–water partition coefficient (Wildman–Crippen LogP) is 2.23. The van der Waals surface area contributed by atoms with Crippen molar-refractivity contribution in [3.63, 3.8) is 0 Å². The fourth-order valence-electron chi connectivity index (χ4n) is 1.77. The summed E-state index contributed by atoms with van der Waals surface area (Å²) in [6.07, 6.45) is 0.196. The van der Waals surface area contributed by atoms with E-state index < -0.39 is 10.0 Å². The smallest absolute Gasteiger partial charge is 0.207 e. The molecule has 20 heavy (non-hydrogen) atoms. The Morgan fingerprint density at radius 1 is 1.00 bits per heavy atom. The number of hydrogen-bond donors (Lipinski definition) is 1. The maximum atomic E-state index is 12.2. The summed E-state index contributed by atoms with van der Waals surface area (Å²) in [5.41, 5.74) is 1.58. The largest absolute Gasteiger partial charge is 0.240 e. The quantitative estimate of drug-likeness (QED) is 0.916. The number of nitrogens with one attached hydrogen (secondary N) is 1. The molecule has 2 aromatic carbocycles. The molecular weight excluding hydrogens is 272 g/mol. The molecule has 1 N–H and O–H groups in total. The van der Waals surface area contributed by atoms with Crippen molar-refractivity contribution in [1.82, 2.24) is 4.72 Å². The number of rotatable bonds is 5. The second kappa shape index (κ2) is 6.33. The van der Waals surface area contributed by atoms with E-state index in [2.05, 4.69) is 4.72 Å². The highest BCUT2D eigenvalue weighted by Gasteiger charge is 2.13. The van der Waals surface area contributed by atoms with E-state index in [0.29, 0.717) is 5.56 Å². The van der Waals surface area contributed by atoms with Gasteiger partial charge in [0, 0.05) is 6.54 Å². The fraction of sp³-hybridized carbons (Fsp3) is 0.133. The van der Waals surface area contributed by atoms with Gasteiger partial charge in [0.2, 0.25) is 10.0 Å². The molecule has 4 nitrogen and oxygen atoms in total. The summed E-state index contributed by atoms with van der Waals surface area (Å²) in [5, 5.41) is 8.65. The zero-order valence-electron chi connectivity index (χ0n) is 10.8. The third-order valence-corrected chi connectivity index (χ3v) is 4.20. The molecule has 0 unspecified atom stereocenters. The van der Waals surface area contributed by atoms with Crippen LogP contribution >= 0.6 is 0 Å². The first-order chi connectivity index (χ1) is 9.62. The van der Waals surface area contributed by atoms with Gasteiger partial charge in [-0.1, -0.05) is 42.5 Å². The van der Waals surface area contributed by atoms with E-state index in [1.807, 2.05) is 36.4 Å². The molecule has 0 saturated carbocycles. The van der Waals surface area contributed by atoms with Crippen molar-refractivity contribution in [3.8, 4) is 6.07 Å². The van der Waals surface area contributed by atoms with Gasteiger partial charge in [0.05, 0.1) is 17.4 Å². The highest BCUT2D eigenvalue weighted by molar-refractivity contribution is 7.89. The molecule has 0 aromatic heterocycles. The summed E-state index contributed by atoms with van der Waals surface area (Å²) >= 11 is 0. The van der Waals surface area contributed by atoms with Crippen LogP contribution in [0.4, 0.5) is 0 Å². The predicted molar refractivity (Wildman–Crippen MR) is 76.2 cm³/mol. The summed E-state index contributed by atoms with van der Waals surface area (Å²) in [4.78, 5) is 0.182. The lowest BCUT2D eigenvalue weighted by Gasteiger charge is -2.07. The van der Waals surface area contributed by atoms with Gasteiger partial charge in [0.1, 0.15) is 0 Å². The zero-order valence-corrected chi connectivity index (χ0v) is 11.6. The summed E-state index contributed by atoms with van der Waals surface area (Å²) < 4.78 is 26.9. The Kier molecular flexibility index (Phi) is 4.51. The van der Waals surface area contributed by atoms with Gasteiger partial charge in [-0.2, -0.15) is 5.26 Å². The first kappa shape index (κ1) is 14.3. The molecular formula is C15H14N2O2S. The molecule has 2 rings (SSSR count). The van der Waals surface area contributed by atoms with Crippen LogP contribution in [0.25, 0.3) is 0 Å². The van der Waals surface area contributed by atoms with E-state index in [1.165, 1.54) is 12.1 Å². The summed E-state index contributed by atoms with van der Waals surface area (Å²) in [5.74, 6) is 0. The van der Waals surface area contributed by atoms with E-state index in [0.717, 1.165) is 5.56 Å². The monoisotopic (exact) mass is 286 g/mol. The van der Waals surface area contributed by atoms with Crippen molar-refractivity contribution in [3.05, 3.63) is 65.7 Å². The Balaban J connectivity index is 2.14. The van der Waals surface area contributed by atoms with Gasteiger partial charge in [0.25, 0.3) is 0 Å². The molecule has 0 atom stereocenters. The number of hydrogen-bond acceptors (Lipinski definition) is 3. The molecule has 0 radical (unpaired) electrons. The van der Waals surface area contributed by atoms with Crippen LogP contribution in [0, 0.1) is 11.3 Å². The standard InChI is InChI=1S/C15H14N2O2S/c16-10-9-13-7-4-8-15(11-13)20(18,19)17-12-14-5-2-1-3-6-14/h1-8,11,17H,9,12H2. The van der Waals surface area contributed by atoms with E-state index in [-0.39, 0.29) is 17.9 Å². The Morgan fingerprint density at radius 2 is 1.70 bits per heavy atom. The molecule has 0 saturated heterocycles. The Labute approximate surface area is 118 Å². The zero-order chi connectivity index (χ0) is 14.4.